The van der Waals surface area contributed by atoms with Gasteiger partial charge in [-0.05, 0) is 25.6 Å². The number of ether oxygens (including phenoxy) is 1. The van der Waals surface area contributed by atoms with E-state index in [4.69, 9.17) is 4.74 Å². The molecule has 0 aromatic heterocycles. The van der Waals surface area contributed by atoms with E-state index >= 15 is 0 Å². The molecule has 0 aliphatic carbocycles. The summed E-state index contributed by atoms with van der Waals surface area (Å²) >= 11 is 0. The lowest BCUT2D eigenvalue weighted by Gasteiger charge is -2.29. The molecule has 0 aliphatic rings. The SMILES string of the molecule is CC(C)(C)OC=C=C([Si](C)(C)C)[Si](C)(C)C. The molecule has 0 N–H and O–H groups in total. The lowest BCUT2D eigenvalue weighted by atomic mass is 10.2. The highest BCUT2D eigenvalue weighted by Gasteiger charge is 2.30. The minimum absolute atomic E-state index is 0.114. The maximum atomic E-state index is 5.64. The summed E-state index contributed by atoms with van der Waals surface area (Å²) in [6, 6.07) is 0. The Labute approximate surface area is 104 Å². The summed E-state index contributed by atoms with van der Waals surface area (Å²) in [7, 11) is -2.52. The van der Waals surface area contributed by atoms with Crippen LogP contribution in [0.25, 0.3) is 0 Å². The molecule has 1 nitrogen and oxygen atoms in total. The Bertz CT molecular complexity index is 275. The van der Waals surface area contributed by atoms with Gasteiger partial charge in [0.1, 0.15) is 11.9 Å². The summed E-state index contributed by atoms with van der Waals surface area (Å²) < 4.78 is 5.64. The molecule has 0 unspecified atom stereocenters. The van der Waals surface area contributed by atoms with Crippen LogP contribution in [0.4, 0.5) is 0 Å². The molecular formula is C13H28OSi2. The van der Waals surface area contributed by atoms with Crippen LogP contribution in [-0.2, 0) is 4.74 Å². The highest BCUT2D eigenvalue weighted by Crippen LogP contribution is 2.24. The third kappa shape index (κ3) is 6.36. The minimum Gasteiger partial charge on any atom is -0.488 e. The van der Waals surface area contributed by atoms with Crippen molar-refractivity contribution in [3.05, 3.63) is 16.8 Å². The van der Waals surface area contributed by atoms with E-state index in [2.05, 4.69) is 65.8 Å². The summed E-state index contributed by atoms with van der Waals surface area (Å²) in [6.45, 7) is 20.5. The van der Waals surface area contributed by atoms with Crippen molar-refractivity contribution in [3.63, 3.8) is 0 Å². The average molecular weight is 257 g/mol. The summed E-state index contributed by atoms with van der Waals surface area (Å²) in [4.78, 5) is 1.56. The van der Waals surface area contributed by atoms with E-state index in [0.717, 1.165) is 0 Å². The van der Waals surface area contributed by atoms with Crippen molar-refractivity contribution in [2.24, 2.45) is 0 Å². The van der Waals surface area contributed by atoms with Crippen molar-refractivity contribution < 1.29 is 4.74 Å². The second-order valence-corrected chi connectivity index (χ2v) is 17.9. The molecule has 0 heterocycles. The molecule has 0 fully saturated rings. The largest absolute Gasteiger partial charge is 0.488 e. The zero-order valence-electron chi connectivity index (χ0n) is 12.5. The Morgan fingerprint density at radius 1 is 0.938 bits per heavy atom. The van der Waals surface area contributed by atoms with Crippen molar-refractivity contribution in [3.8, 4) is 0 Å². The molecule has 0 aliphatic heterocycles. The Kier molecular flexibility index (Phi) is 4.87. The van der Waals surface area contributed by atoms with E-state index in [9.17, 15) is 0 Å². The van der Waals surface area contributed by atoms with Gasteiger partial charge in [-0.25, -0.2) is 0 Å². The summed E-state index contributed by atoms with van der Waals surface area (Å²) in [5, 5.41) is 0. The van der Waals surface area contributed by atoms with Crippen LogP contribution in [0, 0.1) is 0 Å². The van der Waals surface area contributed by atoms with E-state index < -0.39 is 16.1 Å². The van der Waals surface area contributed by atoms with Gasteiger partial charge in [-0.15, -0.1) is 0 Å². The van der Waals surface area contributed by atoms with E-state index in [1.807, 2.05) is 0 Å². The van der Waals surface area contributed by atoms with Gasteiger partial charge >= 0.3 is 0 Å². The van der Waals surface area contributed by atoms with Gasteiger partial charge in [0, 0.05) is 0 Å². The maximum Gasteiger partial charge on any atom is 0.125 e. The highest BCUT2D eigenvalue weighted by atomic mass is 28.4. The molecular weight excluding hydrogens is 228 g/mol. The van der Waals surface area contributed by atoms with Crippen molar-refractivity contribution in [2.75, 3.05) is 0 Å². The second kappa shape index (κ2) is 4.95. The van der Waals surface area contributed by atoms with Crippen LogP contribution in [-0.4, -0.2) is 21.7 Å². The lowest BCUT2D eigenvalue weighted by molar-refractivity contribution is 0.0771. The van der Waals surface area contributed by atoms with Gasteiger partial charge in [-0.3, -0.25) is 0 Å². The van der Waals surface area contributed by atoms with Crippen LogP contribution < -0.4 is 0 Å². The average Bonchev–Trinajstić information content (AvgIpc) is 1.90. The number of hydrogen-bond acceptors (Lipinski definition) is 1. The van der Waals surface area contributed by atoms with Gasteiger partial charge in [0.25, 0.3) is 0 Å². The first-order valence-corrected chi connectivity index (χ1v) is 13.0. The maximum absolute atomic E-state index is 5.64. The van der Waals surface area contributed by atoms with Crippen LogP contribution in [0.5, 0.6) is 0 Å². The molecule has 94 valence electrons. The molecule has 0 spiro atoms. The van der Waals surface area contributed by atoms with E-state index in [0.29, 0.717) is 0 Å². The molecule has 0 radical (unpaired) electrons. The standard InChI is InChI=1S/C13H28OSi2/c1-13(2,3)14-11-10-12(15(4,5)6)16(7,8)9/h11H,1-9H3. The Morgan fingerprint density at radius 3 is 1.56 bits per heavy atom. The van der Waals surface area contributed by atoms with E-state index in [1.54, 1.807) is 11.1 Å². The fourth-order valence-corrected chi connectivity index (χ4v) is 11.8. The molecule has 0 bridgehead atoms. The molecule has 0 saturated carbocycles. The third-order valence-corrected chi connectivity index (χ3v) is 9.90. The van der Waals surface area contributed by atoms with Crippen LogP contribution in [0.15, 0.2) is 16.8 Å². The predicted molar refractivity (Wildman–Crippen MR) is 79.1 cm³/mol. The highest BCUT2D eigenvalue weighted by molar-refractivity contribution is 7.04. The minimum atomic E-state index is -1.26. The van der Waals surface area contributed by atoms with Gasteiger partial charge < -0.3 is 4.74 Å². The number of rotatable bonds is 3. The molecule has 0 rings (SSSR count). The van der Waals surface area contributed by atoms with Crippen molar-refractivity contribution in [1.82, 2.24) is 0 Å². The van der Waals surface area contributed by atoms with Crippen LogP contribution in [0.2, 0.25) is 39.3 Å². The second-order valence-electron chi connectivity index (χ2n) is 7.37. The summed E-state index contributed by atoms with van der Waals surface area (Å²) in [5.41, 5.74) is 3.33. The molecule has 0 aromatic rings. The molecule has 0 saturated heterocycles. The zero-order chi connectivity index (χ0) is 13.2. The first-order valence-electron chi connectivity index (χ1n) is 5.98. The third-order valence-electron chi connectivity index (χ3n) is 2.12. The van der Waals surface area contributed by atoms with Gasteiger partial charge in [-0.1, -0.05) is 45.0 Å². The zero-order valence-corrected chi connectivity index (χ0v) is 14.5. The Hall–Kier alpha value is -0.246. The summed E-state index contributed by atoms with van der Waals surface area (Å²) in [5.74, 6) is 0. The van der Waals surface area contributed by atoms with E-state index in [-0.39, 0.29) is 5.60 Å². The van der Waals surface area contributed by atoms with Crippen LogP contribution in [0.3, 0.4) is 0 Å². The normalized spacial score (nSPS) is 13.1. The Balaban J connectivity index is 5.16. The van der Waals surface area contributed by atoms with Gasteiger partial charge in [-0.2, -0.15) is 0 Å². The molecule has 16 heavy (non-hydrogen) atoms. The topological polar surface area (TPSA) is 9.23 Å². The van der Waals surface area contributed by atoms with Crippen LogP contribution in [0.1, 0.15) is 20.8 Å². The van der Waals surface area contributed by atoms with Crippen LogP contribution >= 0.6 is 0 Å². The van der Waals surface area contributed by atoms with Gasteiger partial charge in [0.05, 0.1) is 16.1 Å². The van der Waals surface area contributed by atoms with Crippen molar-refractivity contribution in [1.29, 1.82) is 0 Å². The molecule has 0 atom stereocenters. The van der Waals surface area contributed by atoms with Gasteiger partial charge in [0.15, 0.2) is 0 Å². The number of hydrogen-bond donors (Lipinski definition) is 0. The van der Waals surface area contributed by atoms with E-state index in [1.165, 1.54) is 0 Å². The monoisotopic (exact) mass is 256 g/mol. The quantitative estimate of drug-likeness (QED) is 0.407. The van der Waals surface area contributed by atoms with Gasteiger partial charge in [0.2, 0.25) is 0 Å². The summed E-state index contributed by atoms with van der Waals surface area (Å²) in [6.07, 6.45) is 1.78. The fourth-order valence-electron chi connectivity index (χ4n) is 1.82. The first-order chi connectivity index (χ1) is 6.84. The first kappa shape index (κ1) is 15.8. The lowest BCUT2D eigenvalue weighted by Crippen LogP contribution is -2.39. The fraction of sp³-hybridized carbons (Fsp3) is 0.769. The van der Waals surface area contributed by atoms with Crippen molar-refractivity contribution in [2.45, 2.75) is 65.7 Å². The molecule has 0 amide bonds. The molecule has 0 aromatic carbocycles. The molecule has 3 heteroatoms. The smallest absolute Gasteiger partial charge is 0.125 e. The Morgan fingerprint density at radius 2 is 1.31 bits per heavy atom. The van der Waals surface area contributed by atoms with Crippen molar-refractivity contribution >= 4 is 16.1 Å². The predicted octanol–water partition coefficient (Wildman–Crippen LogP) is 4.60.